The first kappa shape index (κ1) is 17.6. The molecule has 1 aromatic heterocycles. The Morgan fingerprint density at radius 3 is 2.52 bits per heavy atom. The minimum Gasteiger partial charge on any atom is -0.373 e. The number of nitrogens with one attached hydrogen (secondary N) is 1. The first-order chi connectivity index (χ1) is 12.0. The van der Waals surface area contributed by atoms with Crippen molar-refractivity contribution in [2.45, 2.75) is 39.5 Å². The monoisotopic (exact) mass is 339 g/mol. The Kier molecular flexibility index (Phi) is 5.46. The number of hydrogen-bond donors (Lipinski definition) is 1. The number of nitrogens with zero attached hydrogens (tertiary/aromatic N) is 2. The van der Waals surface area contributed by atoms with E-state index in [0.717, 1.165) is 25.2 Å². The molecule has 0 aliphatic carbocycles. The number of hydrogen-bond acceptors (Lipinski definition) is 4. The highest BCUT2D eigenvalue weighted by Crippen LogP contribution is 2.16. The van der Waals surface area contributed by atoms with E-state index in [1.54, 1.807) is 6.20 Å². The summed E-state index contributed by atoms with van der Waals surface area (Å²) in [4.78, 5) is 19.0. The lowest BCUT2D eigenvalue weighted by Gasteiger charge is -2.35. The zero-order valence-electron chi connectivity index (χ0n) is 15.0. The summed E-state index contributed by atoms with van der Waals surface area (Å²) in [5, 5.41) is 2.86. The van der Waals surface area contributed by atoms with Crippen LogP contribution in [0.5, 0.6) is 0 Å². The third-order valence-electron chi connectivity index (χ3n) is 4.36. The molecule has 1 aliphatic rings. The summed E-state index contributed by atoms with van der Waals surface area (Å²) in [7, 11) is 0. The summed E-state index contributed by atoms with van der Waals surface area (Å²) >= 11 is 0. The normalized spacial score (nSPS) is 21.1. The van der Waals surface area contributed by atoms with E-state index in [0.29, 0.717) is 11.4 Å². The van der Waals surface area contributed by atoms with Gasteiger partial charge in [0.2, 0.25) is 0 Å². The van der Waals surface area contributed by atoms with Crippen LogP contribution < -0.4 is 5.32 Å². The van der Waals surface area contributed by atoms with Crippen molar-refractivity contribution in [3.05, 3.63) is 59.3 Å². The lowest BCUT2D eigenvalue weighted by atomic mass is 10.1. The molecule has 0 saturated carbocycles. The average molecular weight is 339 g/mol. The molecule has 1 amide bonds. The van der Waals surface area contributed by atoms with E-state index >= 15 is 0 Å². The molecule has 0 radical (unpaired) electrons. The number of carbonyl (C=O) groups excluding carboxylic acids is 1. The van der Waals surface area contributed by atoms with Crippen molar-refractivity contribution in [1.82, 2.24) is 9.88 Å². The van der Waals surface area contributed by atoms with Crippen molar-refractivity contribution in [2.75, 3.05) is 18.4 Å². The maximum absolute atomic E-state index is 12.4. The Hall–Kier alpha value is -2.24. The van der Waals surface area contributed by atoms with Gasteiger partial charge in [-0.15, -0.1) is 0 Å². The lowest BCUT2D eigenvalue weighted by Crippen LogP contribution is -2.44. The van der Waals surface area contributed by atoms with Gasteiger partial charge in [0.25, 0.3) is 5.91 Å². The first-order valence-electron chi connectivity index (χ1n) is 8.71. The predicted molar refractivity (Wildman–Crippen MR) is 98.7 cm³/mol. The van der Waals surface area contributed by atoms with E-state index in [9.17, 15) is 4.79 Å². The third kappa shape index (κ3) is 4.65. The summed E-state index contributed by atoms with van der Waals surface area (Å²) < 4.78 is 5.77. The quantitative estimate of drug-likeness (QED) is 0.929. The SMILES string of the molecule is Cc1cccnc1NC(=O)c1ccc(CN2CC(C)OC(C)C2)cc1. The van der Waals surface area contributed by atoms with Gasteiger partial charge in [-0.3, -0.25) is 9.69 Å². The molecule has 25 heavy (non-hydrogen) atoms. The average Bonchev–Trinajstić information content (AvgIpc) is 2.56. The molecule has 5 nitrogen and oxygen atoms in total. The standard InChI is InChI=1S/C20H25N3O2/c1-14-5-4-10-21-19(14)22-20(24)18-8-6-17(7-9-18)13-23-11-15(2)25-16(3)12-23/h4-10,15-16H,11-13H2,1-3H3,(H,21,22,24). The van der Waals surface area contributed by atoms with Crippen molar-refractivity contribution in [3.63, 3.8) is 0 Å². The van der Waals surface area contributed by atoms with Crippen LogP contribution in [-0.2, 0) is 11.3 Å². The largest absolute Gasteiger partial charge is 0.373 e. The van der Waals surface area contributed by atoms with Crippen LogP contribution in [0.15, 0.2) is 42.6 Å². The number of carbonyl (C=O) groups is 1. The van der Waals surface area contributed by atoms with Gasteiger partial charge in [0.05, 0.1) is 12.2 Å². The predicted octanol–water partition coefficient (Wildman–Crippen LogP) is 3.25. The van der Waals surface area contributed by atoms with Crippen molar-refractivity contribution in [2.24, 2.45) is 0 Å². The van der Waals surface area contributed by atoms with Crippen molar-refractivity contribution in [1.29, 1.82) is 0 Å². The molecule has 2 atom stereocenters. The molecule has 0 spiro atoms. The summed E-state index contributed by atoms with van der Waals surface area (Å²) in [6, 6.07) is 11.6. The van der Waals surface area contributed by atoms with Crippen LogP contribution in [-0.4, -0.2) is 41.1 Å². The van der Waals surface area contributed by atoms with Crippen molar-refractivity contribution < 1.29 is 9.53 Å². The smallest absolute Gasteiger partial charge is 0.256 e. The van der Waals surface area contributed by atoms with E-state index < -0.39 is 0 Å². The Labute approximate surface area is 149 Å². The van der Waals surface area contributed by atoms with E-state index in [1.165, 1.54) is 5.56 Å². The fourth-order valence-corrected chi connectivity index (χ4v) is 3.23. The first-order valence-corrected chi connectivity index (χ1v) is 8.71. The zero-order chi connectivity index (χ0) is 17.8. The molecule has 1 aromatic carbocycles. The highest BCUT2D eigenvalue weighted by atomic mass is 16.5. The van der Waals surface area contributed by atoms with Crippen molar-refractivity contribution in [3.8, 4) is 0 Å². The maximum Gasteiger partial charge on any atom is 0.256 e. The van der Waals surface area contributed by atoms with Crippen LogP contribution in [0.1, 0.15) is 35.3 Å². The Balaban J connectivity index is 1.62. The van der Waals surface area contributed by atoms with Crippen LogP contribution in [0.3, 0.4) is 0 Å². The van der Waals surface area contributed by atoms with Gasteiger partial charge in [-0.25, -0.2) is 4.98 Å². The molecule has 2 heterocycles. The molecule has 132 valence electrons. The number of aryl methyl sites for hydroxylation is 1. The number of anilines is 1. The van der Waals surface area contributed by atoms with Gasteiger partial charge < -0.3 is 10.1 Å². The number of pyridine rings is 1. The molecule has 1 aliphatic heterocycles. The third-order valence-corrected chi connectivity index (χ3v) is 4.36. The molecule has 3 rings (SSSR count). The van der Waals surface area contributed by atoms with Crippen LogP contribution in [0, 0.1) is 6.92 Å². The summed E-state index contributed by atoms with van der Waals surface area (Å²) in [5.74, 6) is 0.467. The van der Waals surface area contributed by atoms with Gasteiger partial charge in [0.15, 0.2) is 0 Å². The second kappa shape index (κ2) is 7.76. The number of morpholine rings is 1. The van der Waals surface area contributed by atoms with Gasteiger partial charge in [0.1, 0.15) is 5.82 Å². The molecule has 2 unspecified atom stereocenters. The van der Waals surface area contributed by atoms with Crippen molar-refractivity contribution >= 4 is 11.7 Å². The highest BCUT2D eigenvalue weighted by Gasteiger charge is 2.22. The van der Waals surface area contributed by atoms with Crippen LogP contribution in [0.2, 0.25) is 0 Å². The minimum absolute atomic E-state index is 0.137. The number of aromatic nitrogens is 1. The molecule has 0 bridgehead atoms. The fraction of sp³-hybridized carbons (Fsp3) is 0.400. The van der Waals surface area contributed by atoms with E-state index in [4.69, 9.17) is 4.74 Å². The number of benzene rings is 1. The number of amides is 1. The van der Waals surface area contributed by atoms with Gasteiger partial charge in [-0.2, -0.15) is 0 Å². The summed E-state index contributed by atoms with van der Waals surface area (Å²) in [6.45, 7) is 8.89. The van der Waals surface area contributed by atoms with E-state index in [2.05, 4.69) is 29.0 Å². The van der Waals surface area contributed by atoms with Gasteiger partial charge in [-0.1, -0.05) is 18.2 Å². The molecule has 1 fully saturated rings. The second-order valence-corrected chi connectivity index (χ2v) is 6.77. The molecular formula is C20H25N3O2. The summed E-state index contributed by atoms with van der Waals surface area (Å²) in [6.07, 6.45) is 2.20. The molecule has 5 heteroatoms. The Morgan fingerprint density at radius 2 is 1.88 bits per heavy atom. The molecule has 1 saturated heterocycles. The number of rotatable bonds is 4. The zero-order valence-corrected chi connectivity index (χ0v) is 15.0. The number of ether oxygens (including phenoxy) is 1. The molecule has 2 aromatic rings. The van der Waals surface area contributed by atoms with Crippen LogP contribution >= 0.6 is 0 Å². The van der Waals surface area contributed by atoms with Crippen LogP contribution in [0.4, 0.5) is 5.82 Å². The topological polar surface area (TPSA) is 54.5 Å². The lowest BCUT2D eigenvalue weighted by molar-refractivity contribution is -0.0704. The minimum atomic E-state index is -0.137. The van der Waals surface area contributed by atoms with Gasteiger partial charge >= 0.3 is 0 Å². The molecule has 1 N–H and O–H groups in total. The molecular weight excluding hydrogens is 314 g/mol. The van der Waals surface area contributed by atoms with Gasteiger partial charge in [-0.05, 0) is 50.1 Å². The van der Waals surface area contributed by atoms with E-state index in [1.807, 2.05) is 43.3 Å². The maximum atomic E-state index is 12.4. The van der Waals surface area contributed by atoms with Crippen LogP contribution in [0.25, 0.3) is 0 Å². The highest BCUT2D eigenvalue weighted by molar-refractivity contribution is 6.04. The second-order valence-electron chi connectivity index (χ2n) is 6.77. The van der Waals surface area contributed by atoms with Gasteiger partial charge in [0, 0.05) is 31.4 Å². The van der Waals surface area contributed by atoms with E-state index in [-0.39, 0.29) is 18.1 Å². The summed E-state index contributed by atoms with van der Waals surface area (Å²) in [5.41, 5.74) is 2.78. The fourth-order valence-electron chi connectivity index (χ4n) is 3.23. The Bertz CT molecular complexity index is 720. The Morgan fingerprint density at radius 1 is 1.20 bits per heavy atom.